The molecule has 1 N–H and O–H groups in total. The van der Waals surface area contributed by atoms with Gasteiger partial charge in [0.15, 0.2) is 5.13 Å². The Morgan fingerprint density at radius 1 is 1.00 bits per heavy atom. The average Bonchev–Trinajstić information content (AvgIpc) is 3.52. The first-order valence-electron chi connectivity index (χ1n) is 13.5. The lowest BCUT2D eigenvalue weighted by Crippen LogP contribution is -2.29. The Morgan fingerprint density at radius 2 is 1.71 bits per heavy atom. The van der Waals surface area contributed by atoms with E-state index in [1.54, 1.807) is 25.1 Å². The van der Waals surface area contributed by atoms with Gasteiger partial charge in [-0.25, -0.2) is 9.78 Å². The van der Waals surface area contributed by atoms with Crippen molar-refractivity contribution in [3.8, 4) is 5.75 Å². The normalized spacial score (nSPS) is 16.1. The summed E-state index contributed by atoms with van der Waals surface area (Å²) in [7, 11) is 1.27. The number of amides is 1. The van der Waals surface area contributed by atoms with Gasteiger partial charge in [0, 0.05) is 5.56 Å². The molecule has 0 bridgehead atoms. The van der Waals surface area contributed by atoms with Crippen molar-refractivity contribution < 1.29 is 29.0 Å². The summed E-state index contributed by atoms with van der Waals surface area (Å²) in [4.78, 5) is 45.3. The number of nitrogens with zero attached hydrogens (tertiary/aromatic N) is 2. The second kappa shape index (κ2) is 12.0. The van der Waals surface area contributed by atoms with Gasteiger partial charge in [-0.05, 0) is 60.7 Å². The fourth-order valence-corrected chi connectivity index (χ4v) is 5.91. The SMILES string of the molecule is CCc1ccc([C@H]2C(=C(O)c3ccc(OCc4ccccc4)c(C)c3)C(=O)C(=O)N2c2nc(C)c(C(=O)OC)s2)cc1. The minimum atomic E-state index is -0.957. The molecule has 5 rings (SSSR count). The van der Waals surface area contributed by atoms with Crippen LogP contribution in [0.1, 0.15) is 56.1 Å². The van der Waals surface area contributed by atoms with Crippen molar-refractivity contribution in [2.45, 2.75) is 39.8 Å². The fraction of sp³-hybridized carbons (Fsp3) is 0.212. The highest BCUT2D eigenvalue weighted by molar-refractivity contribution is 7.17. The topological polar surface area (TPSA) is 106 Å². The summed E-state index contributed by atoms with van der Waals surface area (Å²) in [5.41, 5.74) is 4.17. The van der Waals surface area contributed by atoms with E-state index < -0.39 is 23.7 Å². The van der Waals surface area contributed by atoms with Gasteiger partial charge in [-0.2, -0.15) is 0 Å². The number of esters is 1. The van der Waals surface area contributed by atoms with Crippen LogP contribution < -0.4 is 9.64 Å². The number of carbonyl (C=O) groups excluding carboxylic acids is 3. The number of ether oxygens (including phenoxy) is 2. The van der Waals surface area contributed by atoms with Crippen LogP contribution in [-0.2, 0) is 27.4 Å². The number of aryl methyl sites for hydroxylation is 3. The van der Waals surface area contributed by atoms with E-state index >= 15 is 0 Å². The van der Waals surface area contributed by atoms with E-state index in [1.807, 2.05) is 68.4 Å². The maximum absolute atomic E-state index is 13.6. The lowest BCUT2D eigenvalue weighted by atomic mass is 9.94. The molecule has 8 nitrogen and oxygen atoms in total. The monoisotopic (exact) mass is 582 g/mol. The quantitative estimate of drug-likeness (QED) is 0.112. The number of Topliss-reactive ketones (excluding diaryl/α,β-unsaturated/α-hetero) is 1. The van der Waals surface area contributed by atoms with Crippen LogP contribution in [0.3, 0.4) is 0 Å². The van der Waals surface area contributed by atoms with Gasteiger partial charge in [0.25, 0.3) is 5.78 Å². The number of thiazole rings is 1. The lowest BCUT2D eigenvalue weighted by Gasteiger charge is -2.23. The molecule has 1 aromatic heterocycles. The summed E-state index contributed by atoms with van der Waals surface area (Å²) in [5, 5.41) is 11.7. The number of aliphatic hydroxyl groups is 1. The maximum atomic E-state index is 13.6. The molecule has 42 heavy (non-hydrogen) atoms. The summed E-state index contributed by atoms with van der Waals surface area (Å²) in [6.45, 7) is 5.90. The van der Waals surface area contributed by atoms with Crippen LogP contribution in [0.4, 0.5) is 5.13 Å². The zero-order valence-electron chi connectivity index (χ0n) is 23.7. The van der Waals surface area contributed by atoms with Gasteiger partial charge in [-0.3, -0.25) is 14.5 Å². The number of anilines is 1. The molecule has 0 saturated carbocycles. The first-order valence-corrected chi connectivity index (χ1v) is 14.3. The Morgan fingerprint density at radius 3 is 2.36 bits per heavy atom. The van der Waals surface area contributed by atoms with E-state index in [0.29, 0.717) is 29.2 Å². The van der Waals surface area contributed by atoms with E-state index in [-0.39, 0.29) is 21.3 Å². The molecular weight excluding hydrogens is 552 g/mol. The number of methoxy groups -OCH3 is 1. The predicted molar refractivity (Wildman–Crippen MR) is 161 cm³/mol. The van der Waals surface area contributed by atoms with Crippen LogP contribution in [0.25, 0.3) is 5.76 Å². The molecule has 214 valence electrons. The minimum Gasteiger partial charge on any atom is -0.507 e. The standard InChI is InChI=1S/C33H30N2O6S/c1-5-21-11-13-23(14-12-21)27-26(29(37)31(38)35(27)33-34-20(3)30(42-33)32(39)40-4)28(36)24-15-16-25(19(2)17-24)41-18-22-9-7-6-8-10-22/h6-17,27,36H,5,18H2,1-4H3/t27-/m0/s1. The van der Waals surface area contributed by atoms with Gasteiger partial charge >= 0.3 is 11.9 Å². The van der Waals surface area contributed by atoms with Crippen LogP contribution >= 0.6 is 11.3 Å². The Labute approximate surface area is 247 Å². The molecule has 1 fully saturated rings. The number of benzene rings is 3. The fourth-order valence-electron chi connectivity index (χ4n) is 4.90. The molecule has 9 heteroatoms. The van der Waals surface area contributed by atoms with Gasteiger partial charge in [-0.15, -0.1) is 0 Å². The van der Waals surface area contributed by atoms with Crippen LogP contribution in [0, 0.1) is 13.8 Å². The van der Waals surface area contributed by atoms with E-state index in [9.17, 15) is 19.5 Å². The van der Waals surface area contributed by atoms with Gasteiger partial charge < -0.3 is 14.6 Å². The molecule has 0 spiro atoms. The molecular formula is C33H30N2O6S. The second-order valence-corrected chi connectivity index (χ2v) is 10.9. The van der Waals surface area contributed by atoms with Crippen molar-refractivity contribution >= 4 is 39.9 Å². The maximum Gasteiger partial charge on any atom is 0.350 e. The van der Waals surface area contributed by atoms with Crippen molar-refractivity contribution in [1.29, 1.82) is 0 Å². The number of carbonyl (C=O) groups is 3. The number of aliphatic hydroxyl groups excluding tert-OH is 1. The third-order valence-electron chi connectivity index (χ3n) is 7.20. The molecule has 1 saturated heterocycles. The molecule has 1 aliphatic heterocycles. The number of aromatic nitrogens is 1. The number of ketones is 1. The minimum absolute atomic E-state index is 0.0610. The third-order valence-corrected chi connectivity index (χ3v) is 8.33. The Balaban J connectivity index is 1.57. The van der Waals surface area contributed by atoms with Crippen LogP contribution in [0.2, 0.25) is 0 Å². The van der Waals surface area contributed by atoms with Crippen molar-refractivity contribution in [3.05, 3.63) is 117 Å². The number of hydrogen-bond acceptors (Lipinski definition) is 8. The zero-order chi connectivity index (χ0) is 30.0. The summed E-state index contributed by atoms with van der Waals surface area (Å²) >= 11 is 0.965. The molecule has 0 aliphatic carbocycles. The summed E-state index contributed by atoms with van der Waals surface area (Å²) < 4.78 is 10.8. The third kappa shape index (κ3) is 5.43. The highest BCUT2D eigenvalue weighted by Gasteiger charge is 2.48. The van der Waals surface area contributed by atoms with E-state index in [0.717, 1.165) is 34.4 Å². The average molecular weight is 583 g/mol. The Kier molecular flexibility index (Phi) is 8.22. The Hall–Kier alpha value is -4.76. The molecule has 4 aromatic rings. The van der Waals surface area contributed by atoms with Crippen LogP contribution in [0.15, 0.2) is 78.4 Å². The highest BCUT2D eigenvalue weighted by atomic mass is 32.1. The van der Waals surface area contributed by atoms with Gasteiger partial charge in [0.1, 0.15) is 23.0 Å². The first kappa shape index (κ1) is 28.8. The molecule has 1 aliphatic rings. The first-order chi connectivity index (χ1) is 20.2. The van der Waals surface area contributed by atoms with Crippen LogP contribution in [0.5, 0.6) is 5.75 Å². The van der Waals surface area contributed by atoms with E-state index in [4.69, 9.17) is 9.47 Å². The Bertz CT molecular complexity index is 1690. The highest BCUT2D eigenvalue weighted by Crippen LogP contribution is 2.44. The summed E-state index contributed by atoms with van der Waals surface area (Å²) in [6, 6.07) is 21.5. The molecule has 2 heterocycles. The van der Waals surface area contributed by atoms with Crippen molar-refractivity contribution in [1.82, 2.24) is 4.98 Å². The molecule has 0 unspecified atom stereocenters. The van der Waals surface area contributed by atoms with Crippen molar-refractivity contribution in [3.63, 3.8) is 0 Å². The smallest absolute Gasteiger partial charge is 0.350 e. The zero-order valence-corrected chi connectivity index (χ0v) is 24.5. The van der Waals surface area contributed by atoms with E-state index in [1.165, 1.54) is 12.0 Å². The van der Waals surface area contributed by atoms with Gasteiger partial charge in [-0.1, -0.05) is 72.9 Å². The largest absolute Gasteiger partial charge is 0.507 e. The number of hydrogen-bond donors (Lipinski definition) is 1. The molecule has 1 amide bonds. The molecule has 1 atom stereocenters. The predicted octanol–water partition coefficient (Wildman–Crippen LogP) is 6.31. The van der Waals surface area contributed by atoms with Gasteiger partial charge in [0.2, 0.25) is 0 Å². The van der Waals surface area contributed by atoms with Gasteiger partial charge in [0.05, 0.1) is 24.4 Å². The second-order valence-electron chi connectivity index (χ2n) is 9.92. The molecule has 3 aromatic carbocycles. The van der Waals surface area contributed by atoms with Crippen molar-refractivity contribution in [2.75, 3.05) is 12.0 Å². The summed E-state index contributed by atoms with van der Waals surface area (Å²) in [5.74, 6) is -1.94. The van der Waals surface area contributed by atoms with Crippen molar-refractivity contribution in [2.24, 2.45) is 0 Å². The van der Waals surface area contributed by atoms with Crippen LogP contribution in [-0.4, -0.2) is 34.9 Å². The number of rotatable bonds is 8. The van der Waals surface area contributed by atoms with E-state index in [2.05, 4.69) is 4.98 Å². The lowest BCUT2D eigenvalue weighted by molar-refractivity contribution is -0.132. The summed E-state index contributed by atoms with van der Waals surface area (Å²) in [6.07, 6.45) is 0.812. The molecule has 0 radical (unpaired) electrons.